The highest BCUT2D eigenvalue weighted by atomic mass is 32.1. The molecule has 0 radical (unpaired) electrons. The Kier molecular flexibility index (Phi) is 4.11. The third kappa shape index (κ3) is 3.12. The smallest absolute Gasteiger partial charge is 0.262 e. The van der Waals surface area contributed by atoms with E-state index in [4.69, 9.17) is 10.5 Å². The van der Waals surface area contributed by atoms with Crippen LogP contribution in [-0.2, 0) is 6.54 Å². The lowest BCUT2D eigenvalue weighted by Crippen LogP contribution is -2.21. The number of thiophene rings is 1. The number of nitrogens with two attached hydrogens (primary N) is 1. The van der Waals surface area contributed by atoms with Crippen LogP contribution >= 0.6 is 11.3 Å². The SMILES string of the molecule is Cc1cc2c(=O)n(CCCOc3ccc(N)cc3)cnc2s1. The predicted molar refractivity (Wildman–Crippen MR) is 89.6 cm³/mol. The first-order valence-corrected chi connectivity index (χ1v) is 7.89. The summed E-state index contributed by atoms with van der Waals surface area (Å²) in [5, 5.41) is 0.699. The third-order valence-corrected chi connectivity index (χ3v) is 4.29. The Morgan fingerprint density at radius 3 is 2.86 bits per heavy atom. The topological polar surface area (TPSA) is 70.1 Å². The summed E-state index contributed by atoms with van der Waals surface area (Å²) in [6.07, 6.45) is 2.35. The lowest BCUT2D eigenvalue weighted by molar-refractivity contribution is 0.301. The molecule has 0 aliphatic carbocycles. The van der Waals surface area contributed by atoms with E-state index < -0.39 is 0 Å². The molecule has 3 aromatic rings. The molecule has 0 amide bonds. The number of hydrogen-bond donors (Lipinski definition) is 1. The lowest BCUT2D eigenvalue weighted by Gasteiger charge is -2.07. The fourth-order valence-corrected chi connectivity index (χ4v) is 3.07. The number of ether oxygens (including phenoxy) is 1. The Morgan fingerprint density at radius 2 is 2.09 bits per heavy atom. The maximum Gasteiger partial charge on any atom is 0.262 e. The van der Waals surface area contributed by atoms with Crippen molar-refractivity contribution in [3.8, 4) is 5.75 Å². The van der Waals surface area contributed by atoms with Gasteiger partial charge >= 0.3 is 0 Å². The fourth-order valence-electron chi connectivity index (χ4n) is 2.23. The van der Waals surface area contributed by atoms with E-state index in [2.05, 4.69) is 4.98 Å². The van der Waals surface area contributed by atoms with E-state index in [0.29, 0.717) is 24.2 Å². The van der Waals surface area contributed by atoms with Gasteiger partial charge in [0.2, 0.25) is 0 Å². The summed E-state index contributed by atoms with van der Waals surface area (Å²) in [6.45, 7) is 3.11. The van der Waals surface area contributed by atoms with E-state index in [1.807, 2.05) is 25.1 Å². The van der Waals surface area contributed by atoms with Gasteiger partial charge in [-0.3, -0.25) is 9.36 Å². The third-order valence-electron chi connectivity index (χ3n) is 3.33. The molecule has 0 saturated heterocycles. The summed E-state index contributed by atoms with van der Waals surface area (Å²) >= 11 is 1.54. The van der Waals surface area contributed by atoms with Crippen molar-refractivity contribution in [1.29, 1.82) is 0 Å². The maximum absolute atomic E-state index is 12.3. The van der Waals surface area contributed by atoms with E-state index in [0.717, 1.165) is 21.9 Å². The Labute approximate surface area is 132 Å². The molecule has 114 valence electrons. The molecule has 0 spiro atoms. The van der Waals surface area contributed by atoms with Gasteiger partial charge in [0.15, 0.2) is 0 Å². The van der Waals surface area contributed by atoms with Crippen LogP contribution in [0.25, 0.3) is 10.2 Å². The van der Waals surface area contributed by atoms with Crippen LogP contribution in [0.1, 0.15) is 11.3 Å². The van der Waals surface area contributed by atoms with Crippen LogP contribution in [0.3, 0.4) is 0 Å². The zero-order valence-corrected chi connectivity index (χ0v) is 13.1. The van der Waals surface area contributed by atoms with Crippen molar-refractivity contribution in [2.45, 2.75) is 19.9 Å². The number of anilines is 1. The molecule has 1 aromatic carbocycles. The number of fused-ring (bicyclic) bond motifs is 1. The van der Waals surface area contributed by atoms with Gasteiger partial charge < -0.3 is 10.5 Å². The first-order chi connectivity index (χ1) is 10.6. The highest BCUT2D eigenvalue weighted by Crippen LogP contribution is 2.19. The molecule has 0 unspecified atom stereocenters. The summed E-state index contributed by atoms with van der Waals surface area (Å²) in [5.74, 6) is 0.781. The number of benzene rings is 1. The van der Waals surface area contributed by atoms with Gasteiger partial charge in [-0.15, -0.1) is 11.3 Å². The average molecular weight is 315 g/mol. The molecule has 0 aliphatic heterocycles. The van der Waals surface area contributed by atoms with Gasteiger partial charge in [0, 0.05) is 17.1 Å². The molecular formula is C16H17N3O2S. The second kappa shape index (κ2) is 6.19. The number of nitrogens with zero attached hydrogens (tertiary/aromatic N) is 2. The average Bonchev–Trinajstić information content (AvgIpc) is 2.89. The number of hydrogen-bond acceptors (Lipinski definition) is 5. The molecule has 3 rings (SSSR count). The highest BCUT2D eigenvalue weighted by Gasteiger charge is 2.06. The van der Waals surface area contributed by atoms with Crippen molar-refractivity contribution >= 4 is 27.2 Å². The molecule has 0 bridgehead atoms. The molecule has 0 saturated carbocycles. The Morgan fingerprint density at radius 1 is 1.32 bits per heavy atom. The second-order valence-corrected chi connectivity index (χ2v) is 6.32. The minimum atomic E-state index is 0.0156. The summed E-state index contributed by atoms with van der Waals surface area (Å²) in [4.78, 5) is 18.6. The Balaban J connectivity index is 1.61. The number of aryl methyl sites for hydroxylation is 2. The van der Waals surface area contributed by atoms with Gasteiger partial charge in [-0.05, 0) is 43.7 Å². The minimum absolute atomic E-state index is 0.0156. The molecule has 22 heavy (non-hydrogen) atoms. The number of nitrogen functional groups attached to an aromatic ring is 1. The van der Waals surface area contributed by atoms with Gasteiger partial charge in [-0.2, -0.15) is 0 Å². The second-order valence-electron chi connectivity index (χ2n) is 5.09. The largest absolute Gasteiger partial charge is 0.494 e. The van der Waals surface area contributed by atoms with Gasteiger partial charge in [-0.25, -0.2) is 4.98 Å². The molecule has 2 aromatic heterocycles. The molecule has 0 aliphatic rings. The van der Waals surface area contributed by atoms with Crippen molar-refractivity contribution in [3.63, 3.8) is 0 Å². The lowest BCUT2D eigenvalue weighted by atomic mass is 10.3. The van der Waals surface area contributed by atoms with Gasteiger partial charge in [0.25, 0.3) is 5.56 Å². The molecule has 2 N–H and O–H groups in total. The van der Waals surface area contributed by atoms with Gasteiger partial charge in [0.1, 0.15) is 10.6 Å². The number of aromatic nitrogens is 2. The van der Waals surface area contributed by atoms with Crippen molar-refractivity contribution in [3.05, 3.63) is 51.9 Å². The molecule has 0 fully saturated rings. The van der Waals surface area contributed by atoms with Gasteiger partial charge in [0.05, 0.1) is 18.3 Å². The Hall–Kier alpha value is -2.34. The van der Waals surface area contributed by atoms with E-state index in [1.54, 1.807) is 34.4 Å². The van der Waals surface area contributed by atoms with Crippen LogP contribution in [0, 0.1) is 6.92 Å². The van der Waals surface area contributed by atoms with Crippen molar-refractivity contribution in [2.75, 3.05) is 12.3 Å². The van der Waals surface area contributed by atoms with Crippen LogP contribution in [0.5, 0.6) is 5.75 Å². The zero-order valence-electron chi connectivity index (χ0n) is 12.3. The number of rotatable bonds is 5. The first kappa shape index (κ1) is 14.6. The molecule has 0 atom stereocenters. The quantitative estimate of drug-likeness (QED) is 0.580. The van der Waals surface area contributed by atoms with Crippen LogP contribution in [0.4, 0.5) is 5.69 Å². The van der Waals surface area contributed by atoms with Crippen molar-refractivity contribution < 1.29 is 4.74 Å². The summed E-state index contributed by atoms with van der Waals surface area (Å²) in [6, 6.07) is 9.18. The van der Waals surface area contributed by atoms with E-state index in [1.165, 1.54) is 0 Å². The molecular weight excluding hydrogens is 298 g/mol. The maximum atomic E-state index is 12.3. The minimum Gasteiger partial charge on any atom is -0.494 e. The van der Waals surface area contributed by atoms with Crippen LogP contribution < -0.4 is 16.0 Å². The van der Waals surface area contributed by atoms with E-state index in [9.17, 15) is 4.79 Å². The summed E-state index contributed by atoms with van der Waals surface area (Å²) < 4.78 is 7.26. The van der Waals surface area contributed by atoms with E-state index in [-0.39, 0.29) is 5.56 Å². The standard InChI is InChI=1S/C16H17N3O2S/c1-11-9-14-15(22-11)18-10-19(16(14)20)7-2-8-21-13-5-3-12(17)4-6-13/h3-6,9-10H,2,7-8,17H2,1H3. The molecule has 5 nitrogen and oxygen atoms in total. The van der Waals surface area contributed by atoms with Crippen molar-refractivity contribution in [2.24, 2.45) is 0 Å². The van der Waals surface area contributed by atoms with Crippen molar-refractivity contribution in [1.82, 2.24) is 9.55 Å². The van der Waals surface area contributed by atoms with Crippen LogP contribution in [0.15, 0.2) is 41.5 Å². The Bertz CT molecular complexity index is 837. The summed E-state index contributed by atoms with van der Waals surface area (Å²) in [5.41, 5.74) is 6.35. The monoisotopic (exact) mass is 315 g/mol. The normalized spacial score (nSPS) is 11.0. The van der Waals surface area contributed by atoms with E-state index >= 15 is 0 Å². The fraction of sp³-hybridized carbons (Fsp3) is 0.250. The van der Waals surface area contributed by atoms with Crippen LogP contribution in [-0.4, -0.2) is 16.2 Å². The van der Waals surface area contributed by atoms with Gasteiger partial charge in [-0.1, -0.05) is 0 Å². The summed E-state index contributed by atoms with van der Waals surface area (Å²) in [7, 11) is 0. The molecule has 2 heterocycles. The first-order valence-electron chi connectivity index (χ1n) is 7.07. The predicted octanol–water partition coefficient (Wildman–Crippen LogP) is 2.82. The van der Waals surface area contributed by atoms with Crippen LogP contribution in [0.2, 0.25) is 0 Å². The highest BCUT2D eigenvalue weighted by molar-refractivity contribution is 7.18. The zero-order chi connectivity index (χ0) is 15.5. The molecule has 6 heteroatoms.